The van der Waals surface area contributed by atoms with Crippen LogP contribution in [-0.4, -0.2) is 15.3 Å². The summed E-state index contributed by atoms with van der Waals surface area (Å²) < 4.78 is 5.61. The van der Waals surface area contributed by atoms with Crippen molar-refractivity contribution < 1.29 is 4.43 Å². The molecule has 0 amide bonds. The third-order valence-electron chi connectivity index (χ3n) is 1.68. The standard InChI is InChI=1S/C7H19NOSi/c1-4-7(8)9-10(5-2)6-3/h7,10H,4-6,8H2,1-3H3. The molecule has 3 heteroatoms. The van der Waals surface area contributed by atoms with E-state index in [-0.39, 0.29) is 6.23 Å². The summed E-state index contributed by atoms with van der Waals surface area (Å²) >= 11 is 0. The van der Waals surface area contributed by atoms with Gasteiger partial charge in [-0.25, -0.2) is 0 Å². The van der Waals surface area contributed by atoms with Crippen LogP contribution in [0.5, 0.6) is 0 Å². The number of hydrogen-bond donors (Lipinski definition) is 1. The molecule has 62 valence electrons. The number of nitrogens with two attached hydrogens (primary N) is 1. The van der Waals surface area contributed by atoms with Crippen molar-refractivity contribution >= 4 is 9.04 Å². The van der Waals surface area contributed by atoms with Gasteiger partial charge in [-0.15, -0.1) is 0 Å². The van der Waals surface area contributed by atoms with Crippen molar-refractivity contribution in [3.8, 4) is 0 Å². The van der Waals surface area contributed by atoms with E-state index in [0.717, 1.165) is 6.42 Å². The van der Waals surface area contributed by atoms with Crippen LogP contribution in [-0.2, 0) is 4.43 Å². The van der Waals surface area contributed by atoms with Gasteiger partial charge < -0.3 is 10.2 Å². The highest BCUT2D eigenvalue weighted by Gasteiger charge is 2.09. The van der Waals surface area contributed by atoms with Crippen LogP contribution in [0.3, 0.4) is 0 Å². The Morgan fingerprint density at radius 2 is 1.80 bits per heavy atom. The molecule has 0 aromatic rings. The highest BCUT2D eigenvalue weighted by Crippen LogP contribution is 2.02. The molecule has 0 bridgehead atoms. The van der Waals surface area contributed by atoms with E-state index in [9.17, 15) is 0 Å². The van der Waals surface area contributed by atoms with Gasteiger partial charge in [-0.3, -0.25) is 0 Å². The topological polar surface area (TPSA) is 35.2 Å². The summed E-state index contributed by atoms with van der Waals surface area (Å²) in [6.07, 6.45) is 0.931. The van der Waals surface area contributed by atoms with Gasteiger partial charge in [-0.05, 0) is 18.5 Å². The Bertz CT molecular complexity index is 76.0. The van der Waals surface area contributed by atoms with Gasteiger partial charge >= 0.3 is 0 Å². The van der Waals surface area contributed by atoms with Gasteiger partial charge in [0.2, 0.25) is 0 Å². The summed E-state index contributed by atoms with van der Waals surface area (Å²) in [6, 6.07) is 2.40. The molecule has 0 spiro atoms. The van der Waals surface area contributed by atoms with Crippen molar-refractivity contribution in [3.05, 3.63) is 0 Å². The van der Waals surface area contributed by atoms with Crippen molar-refractivity contribution in [2.75, 3.05) is 0 Å². The Kier molecular flexibility index (Phi) is 5.97. The third kappa shape index (κ3) is 4.03. The molecule has 0 aromatic heterocycles. The summed E-state index contributed by atoms with van der Waals surface area (Å²) in [4.78, 5) is 0. The van der Waals surface area contributed by atoms with Crippen LogP contribution in [0.1, 0.15) is 27.2 Å². The largest absolute Gasteiger partial charge is 0.405 e. The van der Waals surface area contributed by atoms with Crippen LogP contribution in [0.2, 0.25) is 12.1 Å². The molecular formula is C7H19NOSi. The van der Waals surface area contributed by atoms with E-state index in [1.165, 1.54) is 12.1 Å². The van der Waals surface area contributed by atoms with Crippen molar-refractivity contribution in [3.63, 3.8) is 0 Å². The second-order valence-corrected chi connectivity index (χ2v) is 5.67. The Hall–Kier alpha value is 0.137. The zero-order chi connectivity index (χ0) is 7.98. The normalized spacial score (nSPS) is 14.1. The monoisotopic (exact) mass is 161 g/mol. The van der Waals surface area contributed by atoms with Gasteiger partial charge in [-0.2, -0.15) is 0 Å². The van der Waals surface area contributed by atoms with Gasteiger partial charge in [0, 0.05) is 0 Å². The van der Waals surface area contributed by atoms with E-state index in [1.807, 2.05) is 0 Å². The molecule has 0 aromatic carbocycles. The average Bonchev–Trinajstić information content (AvgIpc) is 1.99. The summed E-state index contributed by atoms with van der Waals surface area (Å²) in [5, 5.41) is 0. The summed E-state index contributed by atoms with van der Waals surface area (Å²) in [5.74, 6) is 0. The van der Waals surface area contributed by atoms with Gasteiger partial charge in [0.05, 0.1) is 6.23 Å². The predicted molar refractivity (Wildman–Crippen MR) is 47.5 cm³/mol. The Morgan fingerprint density at radius 3 is 2.10 bits per heavy atom. The molecule has 0 aliphatic rings. The first-order valence-corrected chi connectivity index (χ1v) is 6.26. The SMILES string of the molecule is CCC(N)O[SiH](CC)CC. The van der Waals surface area contributed by atoms with E-state index < -0.39 is 9.04 Å². The van der Waals surface area contributed by atoms with Crippen LogP contribution in [0.25, 0.3) is 0 Å². The Labute approximate surface area is 65.5 Å². The molecule has 0 saturated carbocycles. The van der Waals surface area contributed by atoms with Gasteiger partial charge in [0.25, 0.3) is 0 Å². The zero-order valence-electron chi connectivity index (χ0n) is 7.26. The molecule has 2 nitrogen and oxygen atoms in total. The molecule has 10 heavy (non-hydrogen) atoms. The first-order chi connectivity index (χ1) is 4.74. The second-order valence-electron chi connectivity index (χ2n) is 2.52. The first-order valence-electron chi connectivity index (χ1n) is 4.15. The quantitative estimate of drug-likeness (QED) is 0.489. The maximum absolute atomic E-state index is 5.64. The maximum Gasteiger partial charge on any atom is 0.178 e. The molecule has 0 aliphatic heterocycles. The smallest absolute Gasteiger partial charge is 0.178 e. The predicted octanol–water partition coefficient (Wildman–Crippen LogP) is 1.46. The van der Waals surface area contributed by atoms with Crippen molar-refractivity contribution in [2.45, 2.75) is 45.5 Å². The highest BCUT2D eigenvalue weighted by atomic mass is 28.3. The van der Waals surface area contributed by atoms with Crippen LogP contribution in [0.15, 0.2) is 0 Å². The Morgan fingerprint density at radius 1 is 1.30 bits per heavy atom. The van der Waals surface area contributed by atoms with Crippen molar-refractivity contribution in [1.29, 1.82) is 0 Å². The summed E-state index contributed by atoms with van der Waals surface area (Å²) in [6.45, 7) is 6.42. The number of hydrogen-bond acceptors (Lipinski definition) is 2. The van der Waals surface area contributed by atoms with Crippen molar-refractivity contribution in [2.24, 2.45) is 5.73 Å². The lowest BCUT2D eigenvalue weighted by atomic mass is 10.5. The van der Waals surface area contributed by atoms with Gasteiger partial charge in [0.15, 0.2) is 9.04 Å². The van der Waals surface area contributed by atoms with E-state index in [0.29, 0.717) is 0 Å². The van der Waals surface area contributed by atoms with Gasteiger partial charge in [0.1, 0.15) is 0 Å². The lowest BCUT2D eigenvalue weighted by Gasteiger charge is -2.17. The fourth-order valence-electron chi connectivity index (χ4n) is 0.825. The van der Waals surface area contributed by atoms with Crippen LogP contribution >= 0.6 is 0 Å². The van der Waals surface area contributed by atoms with E-state index in [1.54, 1.807) is 0 Å². The lowest BCUT2D eigenvalue weighted by molar-refractivity contribution is 0.204. The van der Waals surface area contributed by atoms with E-state index in [4.69, 9.17) is 10.2 Å². The number of rotatable bonds is 5. The van der Waals surface area contributed by atoms with Crippen LogP contribution in [0, 0.1) is 0 Å². The van der Waals surface area contributed by atoms with E-state index in [2.05, 4.69) is 20.8 Å². The summed E-state index contributed by atoms with van der Waals surface area (Å²) in [5.41, 5.74) is 5.64. The molecule has 0 fully saturated rings. The molecular weight excluding hydrogens is 142 g/mol. The van der Waals surface area contributed by atoms with Crippen LogP contribution < -0.4 is 5.73 Å². The van der Waals surface area contributed by atoms with E-state index >= 15 is 0 Å². The lowest BCUT2D eigenvalue weighted by Crippen LogP contribution is -2.30. The first kappa shape index (κ1) is 10.1. The van der Waals surface area contributed by atoms with Gasteiger partial charge in [-0.1, -0.05) is 20.8 Å². The Balaban J connectivity index is 3.41. The highest BCUT2D eigenvalue weighted by molar-refractivity contribution is 6.51. The molecule has 0 radical (unpaired) electrons. The maximum atomic E-state index is 5.64. The molecule has 0 rings (SSSR count). The molecule has 2 N–H and O–H groups in total. The molecule has 0 heterocycles. The van der Waals surface area contributed by atoms with Crippen molar-refractivity contribution in [1.82, 2.24) is 0 Å². The minimum atomic E-state index is -0.893. The molecule has 0 aliphatic carbocycles. The fourth-order valence-corrected chi connectivity index (χ4v) is 2.47. The molecule has 0 saturated heterocycles. The average molecular weight is 161 g/mol. The minimum absolute atomic E-state index is 0.00318. The second kappa shape index (κ2) is 5.89. The molecule has 1 unspecified atom stereocenters. The molecule has 1 atom stereocenters. The summed E-state index contributed by atoms with van der Waals surface area (Å²) in [7, 11) is -0.893. The minimum Gasteiger partial charge on any atom is -0.405 e. The zero-order valence-corrected chi connectivity index (χ0v) is 8.42. The van der Waals surface area contributed by atoms with Crippen LogP contribution in [0.4, 0.5) is 0 Å². The third-order valence-corrected chi connectivity index (χ3v) is 4.24. The fraction of sp³-hybridized carbons (Fsp3) is 1.00.